The molecule has 2 amide bonds. The number of ether oxygens (including phenoxy) is 1. The standard InChI is InChI=1S/C21H22N4O3S/c1-25(2)20(27)18(14-7-5-4-6-8-14)24-19(26)17-13-29-21(23-17)22-15-9-11-16(28-3)12-10-15/h4-13,18H,1-3H3,(H,22,23)(H,24,26). The highest BCUT2D eigenvalue weighted by molar-refractivity contribution is 7.14. The monoisotopic (exact) mass is 410 g/mol. The highest BCUT2D eigenvalue weighted by atomic mass is 32.1. The Morgan fingerprint density at radius 1 is 1.07 bits per heavy atom. The van der Waals surface area contributed by atoms with Crippen LogP contribution < -0.4 is 15.4 Å². The van der Waals surface area contributed by atoms with Gasteiger partial charge < -0.3 is 20.3 Å². The van der Waals surface area contributed by atoms with Gasteiger partial charge in [0, 0.05) is 25.2 Å². The lowest BCUT2D eigenvalue weighted by Gasteiger charge is -2.21. The summed E-state index contributed by atoms with van der Waals surface area (Å²) >= 11 is 1.31. The van der Waals surface area contributed by atoms with E-state index in [0.717, 1.165) is 11.4 Å². The SMILES string of the molecule is COc1ccc(Nc2nc(C(=O)NC(C(=O)N(C)C)c3ccccc3)cs2)cc1. The van der Waals surface area contributed by atoms with Crippen molar-refractivity contribution in [2.24, 2.45) is 0 Å². The first-order valence-corrected chi connectivity index (χ1v) is 9.79. The quantitative estimate of drug-likeness (QED) is 0.623. The number of likely N-dealkylation sites (N-methyl/N-ethyl adjacent to an activating group) is 1. The van der Waals surface area contributed by atoms with Crippen LogP contribution in [0.5, 0.6) is 5.75 Å². The number of hydrogen-bond donors (Lipinski definition) is 2. The highest BCUT2D eigenvalue weighted by Crippen LogP contribution is 2.23. The van der Waals surface area contributed by atoms with Gasteiger partial charge in [-0.1, -0.05) is 30.3 Å². The first kappa shape index (κ1) is 20.3. The van der Waals surface area contributed by atoms with Crippen molar-refractivity contribution in [3.05, 3.63) is 71.2 Å². The summed E-state index contributed by atoms with van der Waals surface area (Å²) in [5.41, 5.74) is 1.79. The third kappa shape index (κ3) is 5.11. The maximum absolute atomic E-state index is 12.7. The van der Waals surface area contributed by atoms with Crippen LogP contribution in [0.15, 0.2) is 60.0 Å². The van der Waals surface area contributed by atoms with Crippen LogP contribution in [-0.4, -0.2) is 42.9 Å². The lowest BCUT2D eigenvalue weighted by molar-refractivity contribution is -0.130. The predicted molar refractivity (Wildman–Crippen MR) is 114 cm³/mol. The molecule has 2 aromatic carbocycles. The number of carbonyl (C=O) groups excluding carboxylic acids is 2. The average Bonchev–Trinajstić information content (AvgIpc) is 3.21. The number of thiazole rings is 1. The molecule has 0 saturated heterocycles. The number of carbonyl (C=O) groups is 2. The average molecular weight is 410 g/mol. The lowest BCUT2D eigenvalue weighted by Crippen LogP contribution is -2.40. The van der Waals surface area contributed by atoms with Crippen molar-refractivity contribution in [3.8, 4) is 5.75 Å². The second kappa shape index (κ2) is 9.20. The minimum Gasteiger partial charge on any atom is -0.497 e. The Labute approximate surface area is 173 Å². The van der Waals surface area contributed by atoms with Gasteiger partial charge in [-0.3, -0.25) is 9.59 Å². The van der Waals surface area contributed by atoms with E-state index in [1.54, 1.807) is 26.6 Å². The van der Waals surface area contributed by atoms with Crippen molar-refractivity contribution >= 4 is 34.0 Å². The van der Waals surface area contributed by atoms with Crippen LogP contribution in [0.3, 0.4) is 0 Å². The summed E-state index contributed by atoms with van der Waals surface area (Å²) in [6, 6.07) is 15.8. The highest BCUT2D eigenvalue weighted by Gasteiger charge is 2.25. The van der Waals surface area contributed by atoms with Gasteiger partial charge in [0.2, 0.25) is 5.91 Å². The number of nitrogens with zero attached hydrogens (tertiary/aromatic N) is 2. The third-order valence-corrected chi connectivity index (χ3v) is 4.93. The Kier molecular flexibility index (Phi) is 6.46. The summed E-state index contributed by atoms with van der Waals surface area (Å²) in [4.78, 5) is 31.1. The Bertz CT molecular complexity index is 971. The summed E-state index contributed by atoms with van der Waals surface area (Å²) in [6.07, 6.45) is 0. The third-order valence-electron chi connectivity index (χ3n) is 4.17. The number of nitrogens with one attached hydrogen (secondary N) is 2. The molecule has 7 nitrogen and oxygen atoms in total. The molecule has 1 unspecified atom stereocenters. The van der Waals surface area contributed by atoms with Crippen molar-refractivity contribution in [1.82, 2.24) is 15.2 Å². The Morgan fingerprint density at radius 3 is 2.38 bits per heavy atom. The van der Waals surface area contributed by atoms with Gasteiger partial charge in [0.15, 0.2) is 5.13 Å². The molecule has 0 spiro atoms. The van der Waals surface area contributed by atoms with Crippen LogP contribution >= 0.6 is 11.3 Å². The Morgan fingerprint density at radius 2 is 1.76 bits per heavy atom. The minimum atomic E-state index is -0.779. The molecule has 1 heterocycles. The number of hydrogen-bond acceptors (Lipinski definition) is 6. The van der Waals surface area contributed by atoms with E-state index in [0.29, 0.717) is 10.7 Å². The van der Waals surface area contributed by atoms with E-state index in [-0.39, 0.29) is 11.6 Å². The fourth-order valence-electron chi connectivity index (χ4n) is 2.63. The van der Waals surface area contributed by atoms with Crippen LogP contribution in [0.1, 0.15) is 22.1 Å². The molecule has 3 aromatic rings. The first-order valence-electron chi connectivity index (χ1n) is 8.91. The first-order chi connectivity index (χ1) is 14.0. The van der Waals surface area contributed by atoms with Gasteiger partial charge >= 0.3 is 0 Å². The number of anilines is 2. The molecular formula is C21H22N4O3S. The van der Waals surface area contributed by atoms with E-state index < -0.39 is 11.9 Å². The molecule has 0 aliphatic carbocycles. The summed E-state index contributed by atoms with van der Waals surface area (Å²) in [6.45, 7) is 0. The molecule has 1 aromatic heterocycles. The number of amides is 2. The van der Waals surface area contributed by atoms with Crippen LogP contribution in [0.25, 0.3) is 0 Å². The topological polar surface area (TPSA) is 83.6 Å². The van der Waals surface area contributed by atoms with Gasteiger partial charge in [0.25, 0.3) is 5.91 Å². The fraction of sp³-hybridized carbons (Fsp3) is 0.190. The lowest BCUT2D eigenvalue weighted by atomic mass is 10.1. The van der Waals surface area contributed by atoms with E-state index in [4.69, 9.17) is 4.74 Å². The van der Waals surface area contributed by atoms with E-state index in [9.17, 15) is 9.59 Å². The molecule has 3 rings (SSSR count). The molecule has 0 saturated carbocycles. The largest absolute Gasteiger partial charge is 0.497 e. The van der Waals surface area contributed by atoms with Gasteiger partial charge in [0.1, 0.15) is 17.5 Å². The second-order valence-electron chi connectivity index (χ2n) is 6.44. The molecule has 2 N–H and O–H groups in total. The van der Waals surface area contributed by atoms with E-state index in [1.165, 1.54) is 16.2 Å². The zero-order valence-electron chi connectivity index (χ0n) is 16.4. The number of rotatable bonds is 7. The summed E-state index contributed by atoms with van der Waals surface area (Å²) in [5.74, 6) is 0.136. The van der Waals surface area contributed by atoms with E-state index in [1.807, 2.05) is 54.6 Å². The maximum atomic E-state index is 12.7. The van der Waals surface area contributed by atoms with Gasteiger partial charge in [-0.25, -0.2) is 4.98 Å². The van der Waals surface area contributed by atoms with Crippen LogP contribution in [-0.2, 0) is 4.79 Å². The molecule has 150 valence electrons. The van der Waals surface area contributed by atoms with Crippen molar-refractivity contribution in [3.63, 3.8) is 0 Å². The van der Waals surface area contributed by atoms with Crippen molar-refractivity contribution in [2.45, 2.75) is 6.04 Å². The number of aromatic nitrogens is 1. The van der Waals surface area contributed by atoms with Crippen molar-refractivity contribution in [2.75, 3.05) is 26.5 Å². The summed E-state index contributed by atoms with van der Waals surface area (Å²) in [5, 5.41) is 8.18. The molecule has 1 atom stereocenters. The number of methoxy groups -OCH3 is 1. The molecule has 0 radical (unpaired) electrons. The summed E-state index contributed by atoms with van der Waals surface area (Å²) < 4.78 is 5.14. The normalized spacial score (nSPS) is 11.4. The fourth-order valence-corrected chi connectivity index (χ4v) is 3.34. The van der Waals surface area contributed by atoms with Gasteiger partial charge in [0.05, 0.1) is 7.11 Å². The summed E-state index contributed by atoms with van der Waals surface area (Å²) in [7, 11) is 4.92. The molecule has 0 bridgehead atoms. The van der Waals surface area contributed by atoms with Crippen LogP contribution in [0, 0.1) is 0 Å². The van der Waals surface area contributed by atoms with Gasteiger partial charge in [-0.2, -0.15) is 0 Å². The maximum Gasteiger partial charge on any atom is 0.271 e. The molecule has 0 fully saturated rings. The van der Waals surface area contributed by atoms with Crippen LogP contribution in [0.4, 0.5) is 10.8 Å². The number of benzene rings is 2. The van der Waals surface area contributed by atoms with Crippen LogP contribution in [0.2, 0.25) is 0 Å². The zero-order valence-corrected chi connectivity index (χ0v) is 17.2. The minimum absolute atomic E-state index is 0.212. The Balaban J connectivity index is 1.72. The molecule has 29 heavy (non-hydrogen) atoms. The molecular weight excluding hydrogens is 388 g/mol. The zero-order chi connectivity index (χ0) is 20.8. The molecule has 8 heteroatoms. The van der Waals surface area contributed by atoms with E-state index >= 15 is 0 Å². The second-order valence-corrected chi connectivity index (χ2v) is 7.30. The van der Waals surface area contributed by atoms with E-state index in [2.05, 4.69) is 15.6 Å². The Hall–Kier alpha value is -3.39. The molecule has 0 aliphatic rings. The predicted octanol–water partition coefficient (Wildman–Crippen LogP) is 3.45. The van der Waals surface area contributed by atoms with Gasteiger partial charge in [-0.05, 0) is 29.8 Å². The van der Waals surface area contributed by atoms with Crippen molar-refractivity contribution in [1.29, 1.82) is 0 Å². The smallest absolute Gasteiger partial charge is 0.271 e. The van der Waals surface area contributed by atoms with Crippen molar-refractivity contribution < 1.29 is 14.3 Å². The van der Waals surface area contributed by atoms with Gasteiger partial charge in [-0.15, -0.1) is 11.3 Å². The molecule has 0 aliphatic heterocycles.